The predicted octanol–water partition coefficient (Wildman–Crippen LogP) is 6.25. The molecule has 0 bridgehead atoms. The molecular weight excluding hydrogens is 608 g/mol. The van der Waals surface area contributed by atoms with Gasteiger partial charge in [0.25, 0.3) is 0 Å². The van der Waals surface area contributed by atoms with Crippen molar-refractivity contribution in [2.24, 2.45) is 0 Å². The summed E-state index contributed by atoms with van der Waals surface area (Å²) in [5.41, 5.74) is 0.370. The van der Waals surface area contributed by atoms with Crippen LogP contribution in [0.4, 0.5) is 0 Å². The Bertz CT molecular complexity index is 690. The van der Waals surface area contributed by atoms with E-state index in [9.17, 15) is 9.59 Å². The maximum absolute atomic E-state index is 11.8. The molecule has 0 aliphatic heterocycles. The fraction of sp³-hybridized carbons (Fsp3) is 0.889. The summed E-state index contributed by atoms with van der Waals surface area (Å²) in [7, 11) is 0. The van der Waals surface area contributed by atoms with Crippen LogP contribution in [-0.2, 0) is 52.2 Å². The minimum atomic E-state index is -0.412. The number of carbonyl (C=O) groups is 2. The van der Waals surface area contributed by atoms with E-state index in [1.807, 2.05) is 0 Å². The summed E-state index contributed by atoms with van der Waals surface area (Å²) in [6.07, 6.45) is 17.3. The number of ether oxygens (including phenoxy) is 9. The first-order chi connectivity index (χ1) is 23.1. The van der Waals surface area contributed by atoms with Crippen LogP contribution in [0.2, 0.25) is 0 Å². The first kappa shape index (κ1) is 45.4. The molecule has 0 saturated carbocycles. The van der Waals surface area contributed by atoms with Gasteiger partial charge >= 0.3 is 11.9 Å². The molecule has 0 atom stereocenters. The SMILES string of the molecule is C=C(C)C(=O)OCCOCCOCCOCCOCCOCCOCCOCCOC(=O)CCCCCCCCCCCCCCC. The van der Waals surface area contributed by atoms with E-state index in [0.717, 1.165) is 12.8 Å². The average molecular weight is 677 g/mol. The van der Waals surface area contributed by atoms with E-state index in [-0.39, 0.29) is 19.2 Å². The highest BCUT2D eigenvalue weighted by Gasteiger charge is 2.04. The second kappa shape index (κ2) is 38.8. The number of esters is 2. The summed E-state index contributed by atoms with van der Waals surface area (Å²) >= 11 is 0. The van der Waals surface area contributed by atoms with E-state index >= 15 is 0 Å². The number of hydrogen-bond donors (Lipinski definition) is 0. The van der Waals surface area contributed by atoms with Crippen molar-refractivity contribution in [2.75, 3.05) is 106 Å². The molecule has 0 aromatic rings. The van der Waals surface area contributed by atoms with Crippen molar-refractivity contribution in [3.05, 3.63) is 12.2 Å². The largest absolute Gasteiger partial charge is 0.463 e. The van der Waals surface area contributed by atoms with Gasteiger partial charge in [-0.2, -0.15) is 0 Å². The van der Waals surface area contributed by atoms with Crippen molar-refractivity contribution < 1.29 is 52.2 Å². The smallest absolute Gasteiger partial charge is 0.333 e. The highest BCUT2D eigenvalue weighted by Crippen LogP contribution is 2.13. The molecule has 0 N–H and O–H groups in total. The molecule has 47 heavy (non-hydrogen) atoms. The van der Waals surface area contributed by atoms with Crippen molar-refractivity contribution in [3.8, 4) is 0 Å². The van der Waals surface area contributed by atoms with Crippen molar-refractivity contribution in [1.82, 2.24) is 0 Å². The molecule has 278 valence electrons. The van der Waals surface area contributed by atoms with Gasteiger partial charge in [-0.05, 0) is 13.3 Å². The highest BCUT2D eigenvalue weighted by atomic mass is 16.6. The van der Waals surface area contributed by atoms with Crippen molar-refractivity contribution in [3.63, 3.8) is 0 Å². The van der Waals surface area contributed by atoms with Gasteiger partial charge in [-0.1, -0.05) is 90.6 Å². The van der Waals surface area contributed by atoms with Crippen LogP contribution in [-0.4, -0.2) is 118 Å². The van der Waals surface area contributed by atoms with Crippen LogP contribution in [0, 0.1) is 0 Å². The monoisotopic (exact) mass is 676 g/mol. The Hall–Kier alpha value is -1.60. The summed E-state index contributed by atoms with van der Waals surface area (Å²) in [6.45, 7) is 14.2. The van der Waals surface area contributed by atoms with Crippen molar-refractivity contribution in [2.45, 2.75) is 104 Å². The third-order valence-corrected chi connectivity index (χ3v) is 7.02. The fourth-order valence-electron chi connectivity index (χ4n) is 4.31. The maximum Gasteiger partial charge on any atom is 0.333 e. The van der Waals surface area contributed by atoms with E-state index in [0.29, 0.717) is 104 Å². The lowest BCUT2D eigenvalue weighted by Crippen LogP contribution is -2.15. The first-order valence-electron chi connectivity index (χ1n) is 18.1. The molecule has 11 nitrogen and oxygen atoms in total. The summed E-state index contributed by atoms with van der Waals surface area (Å²) in [6, 6.07) is 0. The minimum Gasteiger partial charge on any atom is -0.463 e. The molecule has 0 spiro atoms. The predicted molar refractivity (Wildman–Crippen MR) is 183 cm³/mol. The normalized spacial score (nSPS) is 11.2. The number of carbonyl (C=O) groups excluding carboxylic acids is 2. The maximum atomic E-state index is 11.8. The van der Waals surface area contributed by atoms with Gasteiger partial charge < -0.3 is 42.6 Å². The van der Waals surface area contributed by atoms with Crippen LogP contribution in [0.25, 0.3) is 0 Å². The van der Waals surface area contributed by atoms with Gasteiger partial charge in [-0.15, -0.1) is 0 Å². The Kier molecular flexibility index (Phi) is 37.5. The second-order valence-corrected chi connectivity index (χ2v) is 11.4. The standard InChI is InChI=1S/C36H68O11/c1-4-5-6-7-8-9-10-11-12-13-14-15-16-17-35(37)46-32-30-44-28-26-42-24-22-40-20-18-39-19-21-41-23-25-43-27-29-45-31-33-47-36(38)34(2)3/h2,4-33H2,1,3H3. The fourth-order valence-corrected chi connectivity index (χ4v) is 4.31. The molecule has 0 aliphatic rings. The van der Waals surface area contributed by atoms with Gasteiger partial charge in [-0.3, -0.25) is 4.79 Å². The molecular formula is C36H68O11. The van der Waals surface area contributed by atoms with Crippen LogP contribution >= 0.6 is 0 Å². The van der Waals surface area contributed by atoms with Crippen molar-refractivity contribution >= 4 is 11.9 Å². The summed E-state index contributed by atoms with van der Waals surface area (Å²) in [4.78, 5) is 23.0. The number of hydrogen-bond acceptors (Lipinski definition) is 11. The summed E-state index contributed by atoms with van der Waals surface area (Å²) < 4.78 is 48.2. The molecule has 0 aromatic heterocycles. The quantitative estimate of drug-likeness (QED) is 0.0418. The zero-order valence-electron chi connectivity index (χ0n) is 29.9. The molecule has 0 heterocycles. The molecule has 0 amide bonds. The lowest BCUT2D eigenvalue weighted by Gasteiger charge is -2.09. The van der Waals surface area contributed by atoms with E-state index in [4.69, 9.17) is 42.6 Å². The Morgan fingerprint density at radius 3 is 1.00 bits per heavy atom. The molecule has 0 aliphatic carbocycles. The van der Waals surface area contributed by atoms with E-state index in [1.54, 1.807) is 6.92 Å². The molecule has 0 aromatic carbocycles. The van der Waals surface area contributed by atoms with Gasteiger partial charge in [0.2, 0.25) is 0 Å². The van der Waals surface area contributed by atoms with Crippen LogP contribution < -0.4 is 0 Å². The number of rotatable bonds is 39. The van der Waals surface area contributed by atoms with Crippen LogP contribution in [0.15, 0.2) is 12.2 Å². The molecule has 0 radical (unpaired) electrons. The van der Waals surface area contributed by atoms with Crippen LogP contribution in [0.5, 0.6) is 0 Å². The Morgan fingerprint density at radius 2 is 0.681 bits per heavy atom. The van der Waals surface area contributed by atoms with E-state index < -0.39 is 5.97 Å². The Labute approximate surface area is 285 Å². The van der Waals surface area contributed by atoms with Gasteiger partial charge in [0.05, 0.1) is 92.5 Å². The zero-order valence-corrected chi connectivity index (χ0v) is 29.9. The van der Waals surface area contributed by atoms with Gasteiger partial charge in [0, 0.05) is 12.0 Å². The lowest BCUT2D eigenvalue weighted by atomic mass is 10.0. The van der Waals surface area contributed by atoms with Gasteiger partial charge in [0.1, 0.15) is 13.2 Å². The minimum absolute atomic E-state index is 0.135. The molecule has 0 rings (SSSR count). The number of unbranched alkanes of at least 4 members (excludes halogenated alkanes) is 12. The molecule has 0 saturated heterocycles. The van der Waals surface area contributed by atoms with E-state index in [1.165, 1.54) is 70.6 Å². The molecule has 0 fully saturated rings. The first-order valence-corrected chi connectivity index (χ1v) is 18.1. The Morgan fingerprint density at radius 1 is 0.404 bits per heavy atom. The van der Waals surface area contributed by atoms with Crippen LogP contribution in [0.1, 0.15) is 104 Å². The van der Waals surface area contributed by atoms with Crippen molar-refractivity contribution in [1.29, 1.82) is 0 Å². The molecule has 0 unspecified atom stereocenters. The third kappa shape index (κ3) is 38.7. The topological polar surface area (TPSA) is 117 Å². The average Bonchev–Trinajstić information content (AvgIpc) is 3.06. The third-order valence-electron chi connectivity index (χ3n) is 7.02. The summed E-state index contributed by atoms with van der Waals surface area (Å²) in [5.74, 6) is -0.548. The van der Waals surface area contributed by atoms with Gasteiger partial charge in [-0.25, -0.2) is 4.79 Å². The summed E-state index contributed by atoms with van der Waals surface area (Å²) in [5, 5.41) is 0. The van der Waals surface area contributed by atoms with Crippen LogP contribution in [0.3, 0.4) is 0 Å². The van der Waals surface area contributed by atoms with E-state index in [2.05, 4.69) is 13.5 Å². The molecule has 11 heteroatoms. The highest BCUT2D eigenvalue weighted by molar-refractivity contribution is 5.86. The van der Waals surface area contributed by atoms with Gasteiger partial charge in [0.15, 0.2) is 0 Å². The lowest BCUT2D eigenvalue weighted by molar-refractivity contribution is -0.145. The second-order valence-electron chi connectivity index (χ2n) is 11.4. The zero-order chi connectivity index (χ0) is 34.3. The Balaban J connectivity index is 3.16.